The van der Waals surface area contributed by atoms with Gasteiger partial charge in [0.25, 0.3) is 0 Å². The highest BCUT2D eigenvalue weighted by atomic mass is 32.2. The number of nitrogens with zero attached hydrogens (tertiary/aromatic N) is 3. The van der Waals surface area contributed by atoms with Crippen LogP contribution in [0.25, 0.3) is 0 Å². The van der Waals surface area contributed by atoms with E-state index in [2.05, 4.69) is 10.2 Å². The van der Waals surface area contributed by atoms with Gasteiger partial charge in [-0.25, -0.2) is 0 Å². The van der Waals surface area contributed by atoms with Gasteiger partial charge in [-0.1, -0.05) is 6.07 Å². The van der Waals surface area contributed by atoms with Crippen LogP contribution in [0.1, 0.15) is 18.5 Å². The summed E-state index contributed by atoms with van der Waals surface area (Å²) in [6, 6.07) is 5.78. The van der Waals surface area contributed by atoms with Crippen LogP contribution in [-0.2, 0) is 7.05 Å². The van der Waals surface area contributed by atoms with Crippen LogP contribution in [0.2, 0.25) is 0 Å². The minimum atomic E-state index is -0.100. The van der Waals surface area contributed by atoms with Crippen molar-refractivity contribution in [2.24, 2.45) is 12.8 Å². The molecule has 0 aliphatic carbocycles. The normalized spacial score (nSPS) is 12.4. The number of rotatable bonds is 4. The molecule has 1 atom stereocenters. The predicted octanol–water partition coefficient (Wildman–Crippen LogP) is 1.99. The quantitative estimate of drug-likeness (QED) is 0.915. The highest BCUT2D eigenvalue weighted by molar-refractivity contribution is 7.99. The van der Waals surface area contributed by atoms with Crippen molar-refractivity contribution in [1.29, 1.82) is 0 Å². The van der Waals surface area contributed by atoms with E-state index in [0.29, 0.717) is 0 Å². The molecular formula is C12H16N4OS. The van der Waals surface area contributed by atoms with E-state index < -0.39 is 0 Å². The summed E-state index contributed by atoms with van der Waals surface area (Å²) in [4.78, 5) is 1.04. The zero-order chi connectivity index (χ0) is 13.1. The van der Waals surface area contributed by atoms with Crippen molar-refractivity contribution in [3.63, 3.8) is 0 Å². The Balaban J connectivity index is 2.41. The van der Waals surface area contributed by atoms with Crippen molar-refractivity contribution in [3.8, 4) is 5.75 Å². The molecule has 1 aromatic heterocycles. The van der Waals surface area contributed by atoms with Gasteiger partial charge in [0.15, 0.2) is 5.16 Å². The minimum absolute atomic E-state index is 0.100. The Kier molecular flexibility index (Phi) is 3.88. The van der Waals surface area contributed by atoms with Crippen LogP contribution in [-0.4, -0.2) is 21.9 Å². The fraction of sp³-hybridized carbons (Fsp3) is 0.333. The molecule has 0 saturated heterocycles. The van der Waals surface area contributed by atoms with Crippen LogP contribution >= 0.6 is 11.8 Å². The largest absolute Gasteiger partial charge is 0.496 e. The Morgan fingerprint density at radius 2 is 2.22 bits per heavy atom. The molecule has 0 fully saturated rings. The van der Waals surface area contributed by atoms with Gasteiger partial charge >= 0.3 is 0 Å². The first-order valence-electron chi connectivity index (χ1n) is 5.57. The third kappa shape index (κ3) is 2.49. The lowest BCUT2D eigenvalue weighted by Crippen LogP contribution is -2.08. The number of ether oxygens (including phenoxy) is 1. The molecule has 2 N–H and O–H groups in total. The summed E-state index contributed by atoms with van der Waals surface area (Å²) in [6.07, 6.45) is 1.67. The SMILES string of the molecule is COc1cccc(Sc2nncn2C)c1[C@@H](C)N. The molecule has 0 aliphatic rings. The average molecular weight is 264 g/mol. The number of hydrogen-bond donors (Lipinski definition) is 1. The van der Waals surface area contributed by atoms with Gasteiger partial charge in [0.05, 0.1) is 7.11 Å². The van der Waals surface area contributed by atoms with E-state index in [4.69, 9.17) is 10.5 Å². The number of benzene rings is 1. The van der Waals surface area contributed by atoms with Gasteiger partial charge in [0.1, 0.15) is 12.1 Å². The zero-order valence-electron chi connectivity index (χ0n) is 10.6. The highest BCUT2D eigenvalue weighted by Crippen LogP contribution is 2.36. The van der Waals surface area contributed by atoms with Crippen molar-refractivity contribution in [2.75, 3.05) is 7.11 Å². The van der Waals surface area contributed by atoms with E-state index in [1.807, 2.05) is 36.7 Å². The maximum absolute atomic E-state index is 6.02. The van der Waals surface area contributed by atoms with Crippen molar-refractivity contribution in [2.45, 2.75) is 23.0 Å². The van der Waals surface area contributed by atoms with E-state index >= 15 is 0 Å². The number of hydrogen-bond acceptors (Lipinski definition) is 5. The molecule has 0 amide bonds. The van der Waals surface area contributed by atoms with Crippen molar-refractivity contribution < 1.29 is 4.74 Å². The van der Waals surface area contributed by atoms with Crippen LogP contribution in [0.4, 0.5) is 0 Å². The maximum Gasteiger partial charge on any atom is 0.195 e. The van der Waals surface area contributed by atoms with Crippen LogP contribution in [0, 0.1) is 0 Å². The molecule has 1 heterocycles. The summed E-state index contributed by atoms with van der Waals surface area (Å²) in [7, 11) is 3.56. The van der Waals surface area contributed by atoms with Crippen LogP contribution < -0.4 is 10.5 Å². The smallest absolute Gasteiger partial charge is 0.195 e. The molecule has 2 rings (SSSR count). The molecule has 0 spiro atoms. The van der Waals surface area contributed by atoms with Gasteiger partial charge in [-0.3, -0.25) is 0 Å². The third-order valence-electron chi connectivity index (χ3n) is 2.57. The first kappa shape index (κ1) is 12.9. The zero-order valence-corrected chi connectivity index (χ0v) is 11.4. The number of aryl methyl sites for hydroxylation is 1. The van der Waals surface area contributed by atoms with Crippen molar-refractivity contribution >= 4 is 11.8 Å². The Labute approximate surface area is 110 Å². The van der Waals surface area contributed by atoms with E-state index in [0.717, 1.165) is 21.4 Å². The van der Waals surface area contributed by atoms with Crippen LogP contribution in [0.5, 0.6) is 5.75 Å². The number of aromatic nitrogens is 3. The van der Waals surface area contributed by atoms with Crippen LogP contribution in [0.3, 0.4) is 0 Å². The molecule has 96 valence electrons. The third-order valence-corrected chi connectivity index (χ3v) is 3.70. The van der Waals surface area contributed by atoms with Gasteiger partial charge in [-0.2, -0.15) is 0 Å². The predicted molar refractivity (Wildman–Crippen MR) is 70.7 cm³/mol. The average Bonchev–Trinajstić information content (AvgIpc) is 2.74. The lowest BCUT2D eigenvalue weighted by atomic mass is 10.1. The van der Waals surface area contributed by atoms with Gasteiger partial charge in [-0.05, 0) is 30.8 Å². The first-order valence-corrected chi connectivity index (χ1v) is 6.39. The van der Waals surface area contributed by atoms with E-state index in [-0.39, 0.29) is 6.04 Å². The summed E-state index contributed by atoms with van der Waals surface area (Å²) < 4.78 is 7.23. The molecule has 2 aromatic rings. The fourth-order valence-electron chi connectivity index (χ4n) is 1.70. The standard InChI is InChI=1S/C12H16N4OS/c1-8(13)11-9(17-3)5-4-6-10(11)18-12-15-14-7-16(12)2/h4-8H,13H2,1-3H3/t8-/m1/s1. The molecule has 0 aliphatic heterocycles. The van der Waals surface area contributed by atoms with Gasteiger partial charge in [0, 0.05) is 23.5 Å². The Bertz CT molecular complexity index is 539. The Morgan fingerprint density at radius 3 is 2.78 bits per heavy atom. The minimum Gasteiger partial charge on any atom is -0.496 e. The lowest BCUT2D eigenvalue weighted by molar-refractivity contribution is 0.405. The molecule has 6 heteroatoms. The molecular weight excluding hydrogens is 248 g/mol. The summed E-state index contributed by atoms with van der Waals surface area (Å²) in [5.74, 6) is 0.803. The van der Waals surface area contributed by atoms with E-state index in [1.165, 1.54) is 11.8 Å². The van der Waals surface area contributed by atoms with E-state index in [1.54, 1.807) is 13.4 Å². The molecule has 5 nitrogen and oxygen atoms in total. The monoisotopic (exact) mass is 264 g/mol. The van der Waals surface area contributed by atoms with Gasteiger partial charge < -0.3 is 15.0 Å². The Hall–Kier alpha value is -1.53. The lowest BCUT2D eigenvalue weighted by Gasteiger charge is -2.15. The second kappa shape index (κ2) is 5.41. The second-order valence-corrected chi connectivity index (χ2v) is 5.00. The molecule has 0 radical (unpaired) electrons. The summed E-state index contributed by atoms with van der Waals surface area (Å²) in [6.45, 7) is 1.94. The molecule has 0 unspecified atom stereocenters. The second-order valence-electron chi connectivity index (χ2n) is 3.99. The highest BCUT2D eigenvalue weighted by Gasteiger charge is 2.15. The Morgan fingerprint density at radius 1 is 1.44 bits per heavy atom. The molecule has 0 saturated carbocycles. The van der Waals surface area contributed by atoms with E-state index in [9.17, 15) is 0 Å². The van der Waals surface area contributed by atoms with Gasteiger partial charge in [-0.15, -0.1) is 10.2 Å². The van der Waals surface area contributed by atoms with Crippen molar-refractivity contribution in [1.82, 2.24) is 14.8 Å². The van der Waals surface area contributed by atoms with Crippen molar-refractivity contribution in [3.05, 3.63) is 30.1 Å². The summed E-state index contributed by atoms with van der Waals surface area (Å²) in [5, 5.41) is 8.75. The van der Waals surface area contributed by atoms with Crippen LogP contribution in [0.15, 0.2) is 34.6 Å². The molecule has 1 aromatic carbocycles. The fourth-order valence-corrected chi connectivity index (χ4v) is 2.72. The first-order chi connectivity index (χ1) is 8.63. The summed E-state index contributed by atoms with van der Waals surface area (Å²) in [5.41, 5.74) is 7.02. The number of nitrogens with two attached hydrogens (primary N) is 1. The summed E-state index contributed by atoms with van der Waals surface area (Å²) >= 11 is 1.53. The maximum atomic E-state index is 6.02. The topological polar surface area (TPSA) is 66.0 Å². The van der Waals surface area contributed by atoms with Gasteiger partial charge in [0.2, 0.25) is 0 Å². The number of methoxy groups -OCH3 is 1. The molecule has 0 bridgehead atoms. The molecule has 18 heavy (non-hydrogen) atoms.